The number of nitrogens with zero attached hydrogens (tertiary/aromatic N) is 4. The van der Waals surface area contributed by atoms with Crippen LogP contribution in [0.4, 0.5) is 5.95 Å². The van der Waals surface area contributed by atoms with Crippen molar-refractivity contribution in [1.29, 1.82) is 0 Å². The number of tetrazole rings is 1. The van der Waals surface area contributed by atoms with Crippen molar-refractivity contribution < 1.29 is 5.11 Å². The zero-order valence-corrected chi connectivity index (χ0v) is 13.1. The molecular weight excluding hydrogens is 290 g/mol. The third kappa shape index (κ3) is 3.54. The van der Waals surface area contributed by atoms with Crippen molar-refractivity contribution in [2.24, 2.45) is 0 Å². The summed E-state index contributed by atoms with van der Waals surface area (Å²) in [5, 5.41) is 25.1. The normalized spacial score (nSPS) is 12.1. The molecule has 2 aromatic carbocycles. The Bertz CT molecular complexity index is 782. The molecule has 6 nitrogen and oxygen atoms in total. The van der Waals surface area contributed by atoms with E-state index in [2.05, 4.69) is 20.8 Å². The van der Waals surface area contributed by atoms with Crippen LogP contribution in [0.2, 0.25) is 0 Å². The molecule has 1 heterocycles. The maximum absolute atomic E-state index is 10.3. The monoisotopic (exact) mass is 309 g/mol. The molecule has 1 atom stereocenters. The van der Waals surface area contributed by atoms with E-state index in [4.69, 9.17) is 0 Å². The van der Waals surface area contributed by atoms with Crippen LogP contribution < -0.4 is 5.32 Å². The third-order valence-corrected chi connectivity index (χ3v) is 3.63. The van der Waals surface area contributed by atoms with E-state index in [0.29, 0.717) is 12.5 Å². The van der Waals surface area contributed by atoms with Crippen molar-refractivity contribution in [3.8, 4) is 5.69 Å². The van der Waals surface area contributed by atoms with Gasteiger partial charge in [0.05, 0.1) is 11.8 Å². The van der Waals surface area contributed by atoms with Crippen molar-refractivity contribution in [1.82, 2.24) is 20.2 Å². The molecule has 2 N–H and O–H groups in total. The standard InChI is InChI=1S/C17H19N5O/c1-12-6-8-15(9-7-12)22-17(19-20-21-22)18-11-16(23)14-5-3-4-13(2)10-14/h3-10,16,23H,11H2,1-2H3,(H,18,19,21). The van der Waals surface area contributed by atoms with E-state index in [-0.39, 0.29) is 0 Å². The lowest BCUT2D eigenvalue weighted by atomic mass is 10.1. The van der Waals surface area contributed by atoms with Gasteiger partial charge in [-0.05, 0) is 42.0 Å². The van der Waals surface area contributed by atoms with Gasteiger partial charge in [-0.2, -0.15) is 4.68 Å². The summed E-state index contributed by atoms with van der Waals surface area (Å²) >= 11 is 0. The van der Waals surface area contributed by atoms with Gasteiger partial charge in [-0.1, -0.05) is 52.6 Å². The topological polar surface area (TPSA) is 75.9 Å². The first-order chi connectivity index (χ1) is 11.1. The van der Waals surface area contributed by atoms with Gasteiger partial charge in [0, 0.05) is 6.54 Å². The van der Waals surface area contributed by atoms with Gasteiger partial charge in [0.15, 0.2) is 0 Å². The van der Waals surface area contributed by atoms with E-state index in [1.54, 1.807) is 4.68 Å². The molecule has 0 aliphatic carbocycles. The minimum absolute atomic E-state index is 0.329. The van der Waals surface area contributed by atoms with Crippen LogP contribution in [-0.4, -0.2) is 31.9 Å². The van der Waals surface area contributed by atoms with E-state index in [1.807, 2.05) is 62.4 Å². The molecule has 0 fully saturated rings. The number of rotatable bonds is 5. The van der Waals surface area contributed by atoms with E-state index in [9.17, 15) is 5.11 Å². The summed E-state index contributed by atoms with van der Waals surface area (Å²) in [6.07, 6.45) is -0.627. The smallest absolute Gasteiger partial charge is 0.247 e. The molecule has 23 heavy (non-hydrogen) atoms. The summed E-state index contributed by atoms with van der Waals surface area (Å²) in [5.74, 6) is 0.501. The van der Waals surface area contributed by atoms with Gasteiger partial charge in [0.2, 0.25) is 5.95 Å². The number of hydrogen-bond donors (Lipinski definition) is 2. The van der Waals surface area contributed by atoms with Crippen molar-refractivity contribution in [3.05, 3.63) is 65.2 Å². The summed E-state index contributed by atoms with van der Waals surface area (Å²) in [7, 11) is 0. The Morgan fingerprint density at radius 3 is 2.61 bits per heavy atom. The highest BCUT2D eigenvalue weighted by Gasteiger charge is 2.12. The Labute approximate surface area is 134 Å². The van der Waals surface area contributed by atoms with Gasteiger partial charge in [-0.25, -0.2) is 0 Å². The van der Waals surface area contributed by atoms with E-state index in [0.717, 1.165) is 16.8 Å². The molecule has 0 radical (unpaired) electrons. The molecule has 0 bridgehead atoms. The van der Waals surface area contributed by atoms with Crippen molar-refractivity contribution in [2.45, 2.75) is 20.0 Å². The molecule has 118 valence electrons. The molecule has 0 amide bonds. The summed E-state index contributed by atoms with van der Waals surface area (Å²) in [4.78, 5) is 0. The largest absolute Gasteiger partial charge is 0.387 e. The first kappa shape index (κ1) is 15.2. The van der Waals surface area contributed by atoms with Crippen molar-refractivity contribution in [3.63, 3.8) is 0 Å². The molecule has 3 rings (SSSR count). The lowest BCUT2D eigenvalue weighted by Gasteiger charge is -2.13. The van der Waals surface area contributed by atoms with Gasteiger partial charge in [-0.15, -0.1) is 0 Å². The van der Waals surface area contributed by atoms with Gasteiger partial charge in [0.1, 0.15) is 0 Å². The molecular formula is C17H19N5O. The summed E-state index contributed by atoms with van der Waals surface area (Å²) in [6, 6.07) is 15.7. The van der Waals surface area contributed by atoms with Crippen molar-refractivity contribution in [2.75, 3.05) is 11.9 Å². The number of aliphatic hydroxyl groups excluding tert-OH is 1. The molecule has 0 aliphatic heterocycles. The number of aliphatic hydroxyl groups is 1. The van der Waals surface area contributed by atoms with Crippen LogP contribution in [0, 0.1) is 13.8 Å². The fraction of sp³-hybridized carbons (Fsp3) is 0.235. The molecule has 0 spiro atoms. The quantitative estimate of drug-likeness (QED) is 0.757. The predicted octanol–water partition coefficient (Wildman–Crippen LogP) is 2.42. The lowest BCUT2D eigenvalue weighted by Crippen LogP contribution is -2.15. The highest BCUT2D eigenvalue weighted by atomic mass is 16.3. The average Bonchev–Trinajstić information content (AvgIpc) is 3.02. The maximum atomic E-state index is 10.3. The third-order valence-electron chi connectivity index (χ3n) is 3.63. The Morgan fingerprint density at radius 2 is 1.87 bits per heavy atom. The van der Waals surface area contributed by atoms with Crippen LogP contribution in [-0.2, 0) is 0 Å². The SMILES string of the molecule is Cc1ccc(-n2nnnc2NCC(O)c2cccc(C)c2)cc1. The second-order valence-corrected chi connectivity index (χ2v) is 5.56. The zero-order chi connectivity index (χ0) is 16.2. The summed E-state index contributed by atoms with van der Waals surface area (Å²) in [5.41, 5.74) is 4.03. The van der Waals surface area contributed by atoms with Crippen LogP contribution in [0.1, 0.15) is 22.8 Å². The number of benzene rings is 2. The molecule has 1 unspecified atom stereocenters. The number of hydrogen-bond acceptors (Lipinski definition) is 5. The highest BCUT2D eigenvalue weighted by Crippen LogP contribution is 2.16. The van der Waals surface area contributed by atoms with Gasteiger partial charge in [-0.3, -0.25) is 0 Å². The fourth-order valence-electron chi connectivity index (χ4n) is 2.34. The number of aryl methyl sites for hydroxylation is 2. The molecule has 0 aliphatic rings. The van der Waals surface area contributed by atoms with E-state index < -0.39 is 6.10 Å². The molecule has 0 saturated carbocycles. The zero-order valence-electron chi connectivity index (χ0n) is 13.1. The Hall–Kier alpha value is -2.73. The highest BCUT2D eigenvalue weighted by molar-refractivity contribution is 5.40. The van der Waals surface area contributed by atoms with Gasteiger partial charge >= 0.3 is 0 Å². The Morgan fingerprint density at radius 1 is 1.09 bits per heavy atom. The van der Waals surface area contributed by atoms with Crippen LogP contribution in [0.15, 0.2) is 48.5 Å². The number of anilines is 1. The van der Waals surface area contributed by atoms with E-state index >= 15 is 0 Å². The average molecular weight is 309 g/mol. The van der Waals surface area contributed by atoms with Crippen LogP contribution in [0.3, 0.4) is 0 Å². The van der Waals surface area contributed by atoms with Gasteiger partial charge in [0.25, 0.3) is 0 Å². The van der Waals surface area contributed by atoms with Crippen LogP contribution in [0.5, 0.6) is 0 Å². The second-order valence-electron chi connectivity index (χ2n) is 5.56. The fourth-order valence-corrected chi connectivity index (χ4v) is 2.34. The van der Waals surface area contributed by atoms with E-state index in [1.165, 1.54) is 5.56 Å². The Kier molecular flexibility index (Phi) is 4.34. The number of aromatic nitrogens is 4. The molecule has 0 saturated heterocycles. The van der Waals surface area contributed by atoms with Crippen LogP contribution >= 0.6 is 0 Å². The van der Waals surface area contributed by atoms with Crippen LogP contribution in [0.25, 0.3) is 5.69 Å². The lowest BCUT2D eigenvalue weighted by molar-refractivity contribution is 0.191. The summed E-state index contributed by atoms with van der Waals surface area (Å²) in [6.45, 7) is 4.36. The molecule has 6 heteroatoms. The van der Waals surface area contributed by atoms with Crippen molar-refractivity contribution >= 4 is 5.95 Å². The summed E-state index contributed by atoms with van der Waals surface area (Å²) < 4.78 is 1.61. The first-order valence-corrected chi connectivity index (χ1v) is 7.47. The molecule has 1 aromatic heterocycles. The minimum atomic E-state index is -0.627. The maximum Gasteiger partial charge on any atom is 0.247 e. The predicted molar refractivity (Wildman–Crippen MR) is 88.5 cm³/mol. The second kappa shape index (κ2) is 6.58. The van der Waals surface area contributed by atoms with Gasteiger partial charge < -0.3 is 10.4 Å². The molecule has 3 aromatic rings. The minimum Gasteiger partial charge on any atom is -0.387 e. The number of nitrogens with one attached hydrogen (secondary N) is 1. The first-order valence-electron chi connectivity index (χ1n) is 7.47. The Balaban J connectivity index is 1.72.